The molecule has 2 heterocycles. The summed E-state index contributed by atoms with van der Waals surface area (Å²) in [6.07, 6.45) is 3.50. The van der Waals surface area contributed by atoms with E-state index in [4.69, 9.17) is 0 Å². The molecule has 1 fully saturated rings. The number of rotatable bonds is 2. The zero-order valence-electron chi connectivity index (χ0n) is 9.59. The highest BCUT2D eigenvalue weighted by Gasteiger charge is 2.26. The third-order valence-electron chi connectivity index (χ3n) is 3.17. The molecule has 2 rings (SSSR count). The van der Waals surface area contributed by atoms with Crippen LogP contribution < -0.4 is 4.90 Å². The van der Waals surface area contributed by atoms with E-state index in [0.717, 1.165) is 25.9 Å². The Bertz CT molecular complexity index is 394. The van der Waals surface area contributed by atoms with Gasteiger partial charge in [0.15, 0.2) is 0 Å². The Labute approximate surface area is 94.0 Å². The third kappa shape index (κ3) is 1.87. The topological polar surface area (TPSA) is 64.2 Å². The fraction of sp³-hybridized carbons (Fsp3) is 0.700. The van der Waals surface area contributed by atoms with E-state index in [1.54, 1.807) is 11.7 Å². The molecule has 0 aromatic carbocycles. The van der Waals surface area contributed by atoms with Gasteiger partial charge in [-0.3, -0.25) is 10.1 Å². The number of piperidine rings is 1. The highest BCUT2D eigenvalue weighted by molar-refractivity contribution is 5.57. The minimum atomic E-state index is -0.361. The Balaban J connectivity index is 2.25. The number of nitro groups is 1. The van der Waals surface area contributed by atoms with Crippen LogP contribution in [0.5, 0.6) is 0 Å². The second-order valence-electron chi connectivity index (χ2n) is 4.40. The predicted octanol–water partition coefficient (Wildman–Crippen LogP) is 1.56. The minimum absolute atomic E-state index is 0.108. The molecular formula is C10H16N4O2. The van der Waals surface area contributed by atoms with Gasteiger partial charge in [-0.2, -0.15) is 5.10 Å². The Hall–Kier alpha value is -1.59. The monoisotopic (exact) mass is 224 g/mol. The maximum absolute atomic E-state index is 10.9. The van der Waals surface area contributed by atoms with Crippen molar-refractivity contribution in [1.82, 2.24) is 9.78 Å². The van der Waals surface area contributed by atoms with Crippen LogP contribution in [0.4, 0.5) is 11.5 Å². The van der Waals surface area contributed by atoms with Gasteiger partial charge in [-0.25, -0.2) is 4.68 Å². The van der Waals surface area contributed by atoms with Crippen molar-refractivity contribution in [1.29, 1.82) is 0 Å². The molecule has 0 saturated carbocycles. The fourth-order valence-corrected chi connectivity index (χ4v) is 2.14. The first-order valence-corrected chi connectivity index (χ1v) is 5.51. The molecule has 0 unspecified atom stereocenters. The van der Waals surface area contributed by atoms with Crippen LogP contribution in [0, 0.1) is 16.0 Å². The lowest BCUT2D eigenvalue weighted by Crippen LogP contribution is -2.34. The summed E-state index contributed by atoms with van der Waals surface area (Å²) in [6.45, 7) is 3.97. The average Bonchev–Trinajstić information content (AvgIpc) is 2.62. The summed E-state index contributed by atoms with van der Waals surface area (Å²) in [5.41, 5.74) is 0.108. The van der Waals surface area contributed by atoms with Gasteiger partial charge >= 0.3 is 5.69 Å². The molecule has 1 aliphatic heterocycles. The van der Waals surface area contributed by atoms with Crippen molar-refractivity contribution < 1.29 is 4.92 Å². The first kappa shape index (κ1) is 10.9. The molecule has 88 valence electrons. The van der Waals surface area contributed by atoms with Gasteiger partial charge in [-0.15, -0.1) is 0 Å². The van der Waals surface area contributed by atoms with E-state index in [1.807, 2.05) is 0 Å². The van der Waals surface area contributed by atoms with Gasteiger partial charge in [0.1, 0.15) is 6.20 Å². The van der Waals surface area contributed by atoms with Crippen LogP contribution in [-0.4, -0.2) is 27.8 Å². The molecule has 1 saturated heterocycles. The third-order valence-corrected chi connectivity index (χ3v) is 3.17. The predicted molar refractivity (Wildman–Crippen MR) is 60.5 cm³/mol. The molecule has 1 aliphatic rings. The van der Waals surface area contributed by atoms with Crippen LogP contribution in [0.1, 0.15) is 19.8 Å². The van der Waals surface area contributed by atoms with E-state index >= 15 is 0 Å². The lowest BCUT2D eigenvalue weighted by molar-refractivity contribution is -0.384. The van der Waals surface area contributed by atoms with E-state index in [9.17, 15) is 10.1 Å². The summed E-state index contributed by atoms with van der Waals surface area (Å²) in [7, 11) is 1.75. The van der Waals surface area contributed by atoms with Crippen molar-refractivity contribution in [2.45, 2.75) is 19.8 Å². The van der Waals surface area contributed by atoms with Crippen molar-refractivity contribution in [3.05, 3.63) is 16.3 Å². The zero-order valence-corrected chi connectivity index (χ0v) is 9.59. The van der Waals surface area contributed by atoms with Crippen LogP contribution >= 0.6 is 0 Å². The number of hydrogen-bond acceptors (Lipinski definition) is 4. The molecule has 6 heteroatoms. The first-order chi connectivity index (χ1) is 7.59. The van der Waals surface area contributed by atoms with Gasteiger partial charge in [-0.1, -0.05) is 6.92 Å². The van der Waals surface area contributed by atoms with Crippen LogP contribution in [0.2, 0.25) is 0 Å². The average molecular weight is 224 g/mol. The SMILES string of the molecule is CC1CCN(c2c([N+](=O)[O-])cnn2C)CC1. The minimum Gasteiger partial charge on any atom is -0.351 e. The molecule has 16 heavy (non-hydrogen) atoms. The first-order valence-electron chi connectivity index (χ1n) is 5.51. The highest BCUT2D eigenvalue weighted by Crippen LogP contribution is 2.30. The number of hydrogen-bond donors (Lipinski definition) is 0. The molecule has 0 radical (unpaired) electrons. The van der Waals surface area contributed by atoms with Gasteiger partial charge < -0.3 is 4.90 Å². The quantitative estimate of drug-likeness (QED) is 0.565. The molecule has 0 N–H and O–H groups in total. The van der Waals surface area contributed by atoms with E-state index in [1.165, 1.54) is 6.20 Å². The van der Waals surface area contributed by atoms with Gasteiger partial charge in [0.05, 0.1) is 4.92 Å². The summed E-state index contributed by atoms with van der Waals surface area (Å²) in [6, 6.07) is 0. The summed E-state index contributed by atoms with van der Waals surface area (Å²) in [5, 5.41) is 14.8. The Morgan fingerprint density at radius 2 is 2.12 bits per heavy atom. The number of anilines is 1. The molecule has 0 atom stereocenters. The number of aryl methyl sites for hydroxylation is 1. The molecule has 6 nitrogen and oxygen atoms in total. The smallest absolute Gasteiger partial charge is 0.331 e. The van der Waals surface area contributed by atoms with Gasteiger partial charge in [-0.05, 0) is 18.8 Å². The lowest BCUT2D eigenvalue weighted by atomic mass is 9.99. The van der Waals surface area contributed by atoms with Gasteiger partial charge in [0, 0.05) is 20.1 Å². The van der Waals surface area contributed by atoms with Crippen LogP contribution in [-0.2, 0) is 7.05 Å². The molecule has 0 bridgehead atoms. The summed E-state index contributed by atoms with van der Waals surface area (Å²) >= 11 is 0. The Morgan fingerprint density at radius 3 is 2.69 bits per heavy atom. The van der Waals surface area contributed by atoms with Crippen molar-refractivity contribution >= 4 is 11.5 Å². The normalized spacial score (nSPS) is 17.8. The second-order valence-corrected chi connectivity index (χ2v) is 4.40. The second kappa shape index (κ2) is 4.11. The zero-order chi connectivity index (χ0) is 11.7. The van der Waals surface area contributed by atoms with E-state index in [-0.39, 0.29) is 10.6 Å². The Kier molecular flexibility index (Phi) is 2.80. The molecule has 0 spiro atoms. The fourth-order valence-electron chi connectivity index (χ4n) is 2.14. The molecular weight excluding hydrogens is 208 g/mol. The van der Waals surface area contributed by atoms with Crippen LogP contribution in [0.15, 0.2) is 6.20 Å². The van der Waals surface area contributed by atoms with Crippen molar-refractivity contribution in [2.24, 2.45) is 13.0 Å². The largest absolute Gasteiger partial charge is 0.351 e. The summed E-state index contributed by atoms with van der Waals surface area (Å²) < 4.78 is 1.59. The van der Waals surface area contributed by atoms with E-state index < -0.39 is 0 Å². The van der Waals surface area contributed by atoms with Crippen LogP contribution in [0.25, 0.3) is 0 Å². The summed E-state index contributed by atoms with van der Waals surface area (Å²) in [5.74, 6) is 1.35. The van der Waals surface area contributed by atoms with Crippen molar-refractivity contribution in [3.63, 3.8) is 0 Å². The summed E-state index contributed by atoms with van der Waals surface area (Å²) in [4.78, 5) is 12.6. The van der Waals surface area contributed by atoms with E-state index in [0.29, 0.717) is 11.7 Å². The standard InChI is InChI=1S/C10H16N4O2/c1-8-3-5-13(6-4-8)10-9(14(15)16)7-11-12(10)2/h7-8H,3-6H2,1-2H3. The lowest BCUT2D eigenvalue weighted by Gasteiger charge is -2.31. The molecule has 1 aromatic rings. The molecule has 0 aliphatic carbocycles. The van der Waals surface area contributed by atoms with Crippen molar-refractivity contribution in [2.75, 3.05) is 18.0 Å². The number of aromatic nitrogens is 2. The molecule has 0 amide bonds. The highest BCUT2D eigenvalue weighted by atomic mass is 16.6. The van der Waals surface area contributed by atoms with Crippen LogP contribution in [0.3, 0.4) is 0 Å². The number of nitrogens with zero attached hydrogens (tertiary/aromatic N) is 4. The van der Waals surface area contributed by atoms with Gasteiger partial charge in [0.2, 0.25) is 5.82 Å². The molecule has 1 aromatic heterocycles. The maximum atomic E-state index is 10.9. The maximum Gasteiger partial charge on any atom is 0.331 e. The van der Waals surface area contributed by atoms with Gasteiger partial charge in [0.25, 0.3) is 0 Å². The van der Waals surface area contributed by atoms with E-state index in [2.05, 4.69) is 16.9 Å². The van der Waals surface area contributed by atoms with Crippen molar-refractivity contribution in [3.8, 4) is 0 Å². The Morgan fingerprint density at radius 1 is 1.50 bits per heavy atom.